The van der Waals surface area contributed by atoms with E-state index in [0.717, 1.165) is 62.5 Å². The van der Waals surface area contributed by atoms with Crippen LogP contribution in [0.25, 0.3) is 0 Å². The van der Waals surface area contributed by atoms with E-state index in [0.29, 0.717) is 6.54 Å². The molecule has 1 amide bonds. The summed E-state index contributed by atoms with van der Waals surface area (Å²) < 4.78 is 13.1. The summed E-state index contributed by atoms with van der Waals surface area (Å²) in [5.41, 5.74) is 3.00. The van der Waals surface area contributed by atoms with E-state index in [1.54, 1.807) is 6.33 Å². The number of hydrogen-bond donors (Lipinski definition) is 2. The average molecular weight is 357 g/mol. The highest BCUT2D eigenvalue weighted by Gasteiger charge is 2.32. The summed E-state index contributed by atoms with van der Waals surface area (Å²) in [6.45, 7) is 4.80. The summed E-state index contributed by atoms with van der Waals surface area (Å²) in [4.78, 5) is 24.8. The van der Waals surface area contributed by atoms with Crippen LogP contribution in [0.2, 0.25) is 0 Å². The van der Waals surface area contributed by atoms with Crippen LogP contribution in [0.3, 0.4) is 0 Å². The number of amides is 1. The van der Waals surface area contributed by atoms with Gasteiger partial charge >= 0.3 is 0 Å². The number of aromatic amines is 1. The lowest BCUT2D eigenvalue weighted by Crippen LogP contribution is -2.45. The summed E-state index contributed by atoms with van der Waals surface area (Å²) in [5.74, 6) is -0.0965. The van der Waals surface area contributed by atoms with Gasteiger partial charge < -0.3 is 15.2 Å². The first-order valence-corrected chi connectivity index (χ1v) is 9.22. The zero-order valence-corrected chi connectivity index (χ0v) is 14.7. The number of nitrogens with zero attached hydrogens (tertiary/aromatic N) is 3. The Morgan fingerprint density at radius 3 is 2.88 bits per heavy atom. The van der Waals surface area contributed by atoms with Crippen molar-refractivity contribution >= 4 is 5.91 Å². The molecule has 1 aromatic heterocycles. The molecule has 138 valence electrons. The highest BCUT2D eigenvalue weighted by Crippen LogP contribution is 2.22. The Bertz CT molecular complexity index is 760. The standard InChI is InChI=1S/C19H24FN5O/c20-15-4-2-14(3-5-15)12-24-8-1-9-25(11-10-24)19(26)18-17-16(6-7-21-18)22-13-23-17/h2-5,13,18,21H,1,6-12H2,(H,22,23). The lowest BCUT2D eigenvalue weighted by molar-refractivity contribution is -0.133. The van der Waals surface area contributed by atoms with Gasteiger partial charge in [-0.3, -0.25) is 9.69 Å². The van der Waals surface area contributed by atoms with Gasteiger partial charge in [-0.1, -0.05) is 12.1 Å². The van der Waals surface area contributed by atoms with Crippen LogP contribution in [0.1, 0.15) is 29.4 Å². The van der Waals surface area contributed by atoms with Gasteiger partial charge in [0.2, 0.25) is 5.91 Å². The number of fused-ring (bicyclic) bond motifs is 1. The zero-order chi connectivity index (χ0) is 17.9. The minimum absolute atomic E-state index is 0.113. The number of carbonyl (C=O) groups excluding carboxylic acids is 1. The third-order valence-corrected chi connectivity index (χ3v) is 5.22. The summed E-state index contributed by atoms with van der Waals surface area (Å²) in [6.07, 6.45) is 3.49. The minimum atomic E-state index is -0.339. The Kier molecular flexibility index (Phi) is 4.99. The third-order valence-electron chi connectivity index (χ3n) is 5.22. The Morgan fingerprint density at radius 1 is 1.19 bits per heavy atom. The molecular formula is C19H24FN5O. The van der Waals surface area contributed by atoms with E-state index >= 15 is 0 Å². The smallest absolute Gasteiger partial charge is 0.246 e. The molecule has 3 heterocycles. The highest BCUT2D eigenvalue weighted by molar-refractivity contribution is 5.83. The number of benzene rings is 1. The number of imidazole rings is 1. The molecule has 1 atom stereocenters. The number of nitrogens with one attached hydrogen (secondary N) is 2. The summed E-state index contributed by atoms with van der Waals surface area (Å²) in [7, 11) is 0. The minimum Gasteiger partial charge on any atom is -0.348 e. The van der Waals surface area contributed by atoms with Crippen molar-refractivity contribution in [2.75, 3.05) is 32.7 Å². The molecule has 7 heteroatoms. The molecule has 1 saturated heterocycles. The van der Waals surface area contributed by atoms with E-state index in [1.807, 2.05) is 17.0 Å². The molecule has 0 aliphatic carbocycles. The van der Waals surface area contributed by atoms with Gasteiger partial charge in [-0.15, -0.1) is 0 Å². The second-order valence-electron chi connectivity index (χ2n) is 6.98. The molecule has 26 heavy (non-hydrogen) atoms. The molecule has 2 aliphatic rings. The quantitative estimate of drug-likeness (QED) is 0.873. The third kappa shape index (κ3) is 3.64. The van der Waals surface area contributed by atoms with Crippen LogP contribution in [0.4, 0.5) is 4.39 Å². The number of rotatable bonds is 3. The molecule has 0 spiro atoms. The largest absolute Gasteiger partial charge is 0.348 e. The van der Waals surface area contributed by atoms with Gasteiger partial charge in [-0.25, -0.2) is 9.37 Å². The lowest BCUT2D eigenvalue weighted by Gasteiger charge is -2.29. The number of carbonyl (C=O) groups is 1. The Balaban J connectivity index is 1.38. The van der Waals surface area contributed by atoms with Crippen LogP contribution in [0.15, 0.2) is 30.6 Å². The monoisotopic (exact) mass is 357 g/mol. The fourth-order valence-corrected chi connectivity index (χ4v) is 3.80. The molecular weight excluding hydrogens is 333 g/mol. The highest BCUT2D eigenvalue weighted by atomic mass is 19.1. The first kappa shape index (κ1) is 17.2. The normalized spacial score (nSPS) is 21.3. The van der Waals surface area contributed by atoms with E-state index < -0.39 is 0 Å². The molecule has 0 saturated carbocycles. The summed E-state index contributed by atoms with van der Waals surface area (Å²) in [5, 5.41) is 3.31. The van der Waals surface area contributed by atoms with Crippen molar-refractivity contribution in [1.82, 2.24) is 25.1 Å². The maximum Gasteiger partial charge on any atom is 0.246 e. The van der Waals surface area contributed by atoms with Gasteiger partial charge in [0.25, 0.3) is 0 Å². The van der Waals surface area contributed by atoms with Gasteiger partial charge in [-0.2, -0.15) is 0 Å². The van der Waals surface area contributed by atoms with Gasteiger partial charge in [0.05, 0.1) is 12.0 Å². The van der Waals surface area contributed by atoms with Crippen molar-refractivity contribution in [2.45, 2.75) is 25.4 Å². The average Bonchev–Trinajstić information content (AvgIpc) is 3.02. The van der Waals surface area contributed by atoms with E-state index in [1.165, 1.54) is 12.1 Å². The number of halogens is 1. The van der Waals surface area contributed by atoms with E-state index in [9.17, 15) is 9.18 Å². The van der Waals surface area contributed by atoms with Crippen molar-refractivity contribution in [3.8, 4) is 0 Å². The zero-order valence-electron chi connectivity index (χ0n) is 14.7. The molecule has 2 N–H and O–H groups in total. The molecule has 2 aliphatic heterocycles. The van der Waals surface area contributed by atoms with Crippen molar-refractivity contribution in [3.63, 3.8) is 0 Å². The van der Waals surface area contributed by atoms with Crippen LogP contribution in [-0.2, 0) is 17.8 Å². The fraction of sp³-hybridized carbons (Fsp3) is 0.474. The van der Waals surface area contributed by atoms with Crippen molar-refractivity contribution < 1.29 is 9.18 Å². The van der Waals surface area contributed by atoms with Gasteiger partial charge in [0.1, 0.15) is 11.9 Å². The maximum absolute atomic E-state index is 13.1. The molecule has 1 unspecified atom stereocenters. The van der Waals surface area contributed by atoms with E-state index in [4.69, 9.17) is 0 Å². The van der Waals surface area contributed by atoms with Crippen LogP contribution in [0, 0.1) is 5.82 Å². The second-order valence-corrected chi connectivity index (χ2v) is 6.98. The Hall–Kier alpha value is -2.25. The lowest BCUT2D eigenvalue weighted by atomic mass is 10.0. The van der Waals surface area contributed by atoms with Crippen LogP contribution in [0.5, 0.6) is 0 Å². The van der Waals surface area contributed by atoms with Crippen LogP contribution >= 0.6 is 0 Å². The topological polar surface area (TPSA) is 64.3 Å². The molecule has 2 aromatic rings. The number of H-pyrrole nitrogens is 1. The Morgan fingerprint density at radius 2 is 2.04 bits per heavy atom. The summed E-state index contributed by atoms with van der Waals surface area (Å²) >= 11 is 0. The molecule has 0 bridgehead atoms. The van der Waals surface area contributed by atoms with Crippen molar-refractivity contribution in [2.24, 2.45) is 0 Å². The van der Waals surface area contributed by atoms with E-state index in [2.05, 4.69) is 20.2 Å². The first-order chi connectivity index (χ1) is 12.7. The molecule has 6 nitrogen and oxygen atoms in total. The fourth-order valence-electron chi connectivity index (χ4n) is 3.80. The van der Waals surface area contributed by atoms with Crippen LogP contribution < -0.4 is 5.32 Å². The van der Waals surface area contributed by atoms with Crippen molar-refractivity contribution in [1.29, 1.82) is 0 Å². The van der Waals surface area contributed by atoms with Gasteiger partial charge in [0.15, 0.2) is 0 Å². The summed E-state index contributed by atoms with van der Waals surface area (Å²) in [6, 6.07) is 6.31. The Labute approximate surface area is 152 Å². The maximum atomic E-state index is 13.1. The van der Waals surface area contributed by atoms with E-state index in [-0.39, 0.29) is 17.8 Å². The number of hydrogen-bond acceptors (Lipinski definition) is 4. The SMILES string of the molecule is O=C(C1NCCc2[nH]cnc21)N1CCCN(Cc2ccc(F)cc2)CC1. The molecule has 1 fully saturated rings. The van der Waals surface area contributed by atoms with Crippen molar-refractivity contribution in [3.05, 3.63) is 53.4 Å². The predicted octanol–water partition coefficient (Wildman–Crippen LogP) is 1.47. The second kappa shape index (κ2) is 7.55. The van der Waals surface area contributed by atoms with Gasteiger partial charge in [0, 0.05) is 51.4 Å². The van der Waals surface area contributed by atoms with Gasteiger partial charge in [-0.05, 0) is 24.1 Å². The molecule has 0 radical (unpaired) electrons. The van der Waals surface area contributed by atoms with Crippen LogP contribution in [-0.4, -0.2) is 58.4 Å². The first-order valence-electron chi connectivity index (χ1n) is 9.22. The molecule has 1 aromatic carbocycles. The number of aromatic nitrogens is 2. The molecule has 4 rings (SSSR count). The predicted molar refractivity (Wildman–Crippen MR) is 95.9 cm³/mol.